The second-order valence-electron chi connectivity index (χ2n) is 7.26. The number of esters is 1. The largest absolute Gasteiger partial charge is 0.478 e. The molecule has 0 radical (unpaired) electrons. The molecule has 4 nitrogen and oxygen atoms in total. The van der Waals surface area contributed by atoms with E-state index >= 15 is 0 Å². The van der Waals surface area contributed by atoms with Crippen LogP contribution in [-0.2, 0) is 4.74 Å². The molecule has 0 unspecified atom stereocenters. The standard InChI is InChI=1S/C23H36O4/c1-2-3-4-5-6-7-8-9-10-11-12-13-14-18-27-23(26)21-17-15-16-20(19-21)22(24)25/h15-17,19H,2-14,18H2,1H3,(H,24,25). The minimum Gasteiger partial charge on any atom is -0.478 e. The Morgan fingerprint density at radius 2 is 1.26 bits per heavy atom. The molecule has 0 spiro atoms. The van der Waals surface area contributed by atoms with Crippen LogP contribution < -0.4 is 0 Å². The van der Waals surface area contributed by atoms with Crippen LogP contribution in [0.4, 0.5) is 0 Å². The number of ether oxygens (including phenoxy) is 1. The van der Waals surface area contributed by atoms with Crippen LogP contribution in [0, 0.1) is 0 Å². The second kappa shape index (κ2) is 15.2. The normalized spacial score (nSPS) is 10.7. The lowest BCUT2D eigenvalue weighted by molar-refractivity contribution is 0.0497. The summed E-state index contributed by atoms with van der Waals surface area (Å²) < 4.78 is 5.23. The van der Waals surface area contributed by atoms with E-state index in [1.54, 1.807) is 12.1 Å². The van der Waals surface area contributed by atoms with Gasteiger partial charge in [-0.05, 0) is 24.6 Å². The number of carboxylic acid groups (broad SMARTS) is 1. The summed E-state index contributed by atoms with van der Waals surface area (Å²) in [6, 6.07) is 5.96. The molecular formula is C23H36O4. The predicted octanol–water partition coefficient (Wildman–Crippen LogP) is 6.63. The Morgan fingerprint density at radius 1 is 0.778 bits per heavy atom. The summed E-state index contributed by atoms with van der Waals surface area (Å²) in [7, 11) is 0. The molecule has 0 aromatic heterocycles. The van der Waals surface area contributed by atoms with Crippen LogP contribution in [0.15, 0.2) is 24.3 Å². The summed E-state index contributed by atoms with van der Waals surface area (Å²) in [6.07, 6.45) is 16.6. The maximum absolute atomic E-state index is 11.9. The highest BCUT2D eigenvalue weighted by Crippen LogP contribution is 2.13. The fraction of sp³-hybridized carbons (Fsp3) is 0.652. The van der Waals surface area contributed by atoms with Gasteiger partial charge in [0.15, 0.2) is 0 Å². The Kier molecular flexibility index (Phi) is 13.1. The number of rotatable bonds is 16. The first-order chi connectivity index (χ1) is 13.1. The van der Waals surface area contributed by atoms with Gasteiger partial charge < -0.3 is 9.84 Å². The van der Waals surface area contributed by atoms with Crippen molar-refractivity contribution in [1.82, 2.24) is 0 Å². The molecule has 0 fully saturated rings. The fourth-order valence-corrected chi connectivity index (χ4v) is 3.15. The van der Waals surface area contributed by atoms with Crippen molar-refractivity contribution in [1.29, 1.82) is 0 Å². The van der Waals surface area contributed by atoms with E-state index in [-0.39, 0.29) is 5.56 Å². The van der Waals surface area contributed by atoms with Crippen molar-refractivity contribution in [2.45, 2.75) is 90.4 Å². The molecule has 1 rings (SSSR count). The summed E-state index contributed by atoms with van der Waals surface area (Å²) in [5.41, 5.74) is 0.398. The highest BCUT2D eigenvalue weighted by Gasteiger charge is 2.10. The molecule has 1 aromatic carbocycles. The lowest BCUT2D eigenvalue weighted by Crippen LogP contribution is -2.08. The number of benzene rings is 1. The molecule has 1 aromatic rings. The Morgan fingerprint density at radius 3 is 1.78 bits per heavy atom. The maximum Gasteiger partial charge on any atom is 0.338 e. The van der Waals surface area contributed by atoms with Gasteiger partial charge in [-0.2, -0.15) is 0 Å². The fourth-order valence-electron chi connectivity index (χ4n) is 3.15. The first-order valence-corrected chi connectivity index (χ1v) is 10.7. The van der Waals surface area contributed by atoms with E-state index in [9.17, 15) is 9.59 Å². The molecule has 0 bridgehead atoms. The van der Waals surface area contributed by atoms with Crippen LogP contribution in [0.1, 0.15) is 111 Å². The minimum atomic E-state index is -1.04. The van der Waals surface area contributed by atoms with Crippen LogP contribution in [0.3, 0.4) is 0 Å². The van der Waals surface area contributed by atoms with Crippen molar-refractivity contribution in [3.63, 3.8) is 0 Å². The van der Waals surface area contributed by atoms with Gasteiger partial charge in [-0.3, -0.25) is 0 Å². The Hall–Kier alpha value is -1.84. The highest BCUT2D eigenvalue weighted by atomic mass is 16.5. The molecule has 152 valence electrons. The lowest BCUT2D eigenvalue weighted by Gasteiger charge is -2.06. The number of carbonyl (C=O) groups excluding carboxylic acids is 1. The Labute approximate surface area is 164 Å². The maximum atomic E-state index is 11.9. The van der Waals surface area contributed by atoms with Crippen LogP contribution >= 0.6 is 0 Å². The summed E-state index contributed by atoms with van der Waals surface area (Å²) >= 11 is 0. The van der Waals surface area contributed by atoms with Crippen molar-refractivity contribution in [2.24, 2.45) is 0 Å². The summed E-state index contributed by atoms with van der Waals surface area (Å²) in [5.74, 6) is -1.49. The van der Waals surface area contributed by atoms with E-state index in [1.807, 2.05) is 0 Å². The van der Waals surface area contributed by atoms with Crippen molar-refractivity contribution < 1.29 is 19.4 Å². The van der Waals surface area contributed by atoms with E-state index in [0.29, 0.717) is 12.2 Å². The molecular weight excluding hydrogens is 340 g/mol. The third-order valence-electron chi connectivity index (χ3n) is 4.83. The van der Waals surface area contributed by atoms with E-state index in [1.165, 1.54) is 82.8 Å². The number of hydrogen-bond acceptors (Lipinski definition) is 3. The number of hydrogen-bond donors (Lipinski definition) is 1. The monoisotopic (exact) mass is 376 g/mol. The van der Waals surface area contributed by atoms with Crippen LogP contribution in [0.25, 0.3) is 0 Å². The number of unbranched alkanes of at least 4 members (excludes halogenated alkanes) is 12. The van der Waals surface area contributed by atoms with Crippen molar-refractivity contribution in [2.75, 3.05) is 6.61 Å². The molecule has 0 aliphatic rings. The van der Waals surface area contributed by atoms with Gasteiger partial charge in [-0.1, -0.05) is 90.0 Å². The average molecular weight is 377 g/mol. The summed E-state index contributed by atoms with van der Waals surface area (Å²) in [5, 5.41) is 8.95. The van der Waals surface area contributed by atoms with E-state index in [0.717, 1.165) is 12.8 Å². The lowest BCUT2D eigenvalue weighted by atomic mass is 10.0. The predicted molar refractivity (Wildman–Crippen MR) is 109 cm³/mol. The Balaban J connectivity index is 1.95. The quantitative estimate of drug-likeness (QED) is 0.260. The molecule has 1 N–H and O–H groups in total. The number of carbonyl (C=O) groups is 2. The van der Waals surface area contributed by atoms with Gasteiger partial charge in [-0.15, -0.1) is 0 Å². The molecule has 0 saturated heterocycles. The summed E-state index contributed by atoms with van der Waals surface area (Å²) in [4.78, 5) is 22.8. The molecule has 4 heteroatoms. The number of carboxylic acids is 1. The first kappa shape index (κ1) is 23.2. The van der Waals surface area contributed by atoms with Gasteiger partial charge in [0.05, 0.1) is 17.7 Å². The van der Waals surface area contributed by atoms with E-state index in [2.05, 4.69) is 6.92 Å². The van der Waals surface area contributed by atoms with E-state index in [4.69, 9.17) is 9.84 Å². The average Bonchev–Trinajstić information content (AvgIpc) is 2.68. The minimum absolute atomic E-state index is 0.102. The van der Waals surface area contributed by atoms with Gasteiger partial charge in [0.1, 0.15) is 0 Å². The van der Waals surface area contributed by atoms with Gasteiger partial charge >= 0.3 is 11.9 Å². The van der Waals surface area contributed by atoms with Crippen LogP contribution in [-0.4, -0.2) is 23.7 Å². The van der Waals surface area contributed by atoms with Gasteiger partial charge in [0, 0.05) is 0 Å². The molecule has 0 atom stereocenters. The molecule has 0 aliphatic heterocycles. The van der Waals surface area contributed by atoms with Crippen molar-refractivity contribution in [3.8, 4) is 0 Å². The third kappa shape index (κ3) is 11.5. The van der Waals surface area contributed by atoms with Crippen LogP contribution in [0.2, 0.25) is 0 Å². The van der Waals surface area contributed by atoms with Crippen LogP contribution in [0.5, 0.6) is 0 Å². The SMILES string of the molecule is CCCCCCCCCCCCCCCOC(=O)c1cccc(C(=O)O)c1. The second-order valence-corrected chi connectivity index (χ2v) is 7.26. The zero-order chi connectivity index (χ0) is 19.7. The van der Waals surface area contributed by atoms with Gasteiger partial charge in [0.2, 0.25) is 0 Å². The zero-order valence-electron chi connectivity index (χ0n) is 16.9. The third-order valence-corrected chi connectivity index (χ3v) is 4.83. The van der Waals surface area contributed by atoms with Gasteiger partial charge in [0.25, 0.3) is 0 Å². The first-order valence-electron chi connectivity index (χ1n) is 10.7. The molecule has 0 aliphatic carbocycles. The molecule has 0 saturated carbocycles. The molecule has 27 heavy (non-hydrogen) atoms. The Bertz CT molecular complexity index is 539. The molecule has 0 amide bonds. The number of aromatic carboxylic acids is 1. The topological polar surface area (TPSA) is 63.6 Å². The summed E-state index contributed by atoms with van der Waals surface area (Å²) in [6.45, 7) is 2.65. The van der Waals surface area contributed by atoms with Crippen molar-refractivity contribution >= 4 is 11.9 Å². The zero-order valence-corrected chi connectivity index (χ0v) is 16.9. The van der Waals surface area contributed by atoms with E-state index < -0.39 is 11.9 Å². The van der Waals surface area contributed by atoms with Crippen molar-refractivity contribution in [3.05, 3.63) is 35.4 Å². The smallest absolute Gasteiger partial charge is 0.338 e. The highest BCUT2D eigenvalue weighted by molar-refractivity contribution is 5.94. The van der Waals surface area contributed by atoms with Gasteiger partial charge in [-0.25, -0.2) is 9.59 Å². The molecule has 0 heterocycles.